The van der Waals surface area contributed by atoms with Crippen molar-refractivity contribution in [3.8, 4) is 5.75 Å². The Morgan fingerprint density at radius 3 is 3.09 bits per heavy atom. The second-order valence-electron chi connectivity index (χ2n) is 5.80. The molecule has 4 rings (SSSR count). The number of methoxy groups -OCH3 is 1. The standard InChI is InChI=1S/C17H19N5O/c1-23-14-7-3-2-5-12(14)9-13-6-4-8-22(13)17-15-16(19-10-18-15)20-11-21-17/h2-3,5,7,10-11,13H,4,6,8-9H2,1H3,(H,18,19,20,21)/t13-/m1/s1. The number of para-hydroxylation sites is 1. The molecule has 23 heavy (non-hydrogen) atoms. The van der Waals surface area contributed by atoms with Gasteiger partial charge >= 0.3 is 0 Å². The first-order chi connectivity index (χ1) is 11.4. The van der Waals surface area contributed by atoms with Gasteiger partial charge in [-0.15, -0.1) is 0 Å². The Labute approximate surface area is 134 Å². The molecule has 0 aliphatic carbocycles. The van der Waals surface area contributed by atoms with Gasteiger partial charge in [-0.3, -0.25) is 0 Å². The van der Waals surface area contributed by atoms with Crippen molar-refractivity contribution in [3.05, 3.63) is 42.5 Å². The van der Waals surface area contributed by atoms with E-state index in [1.54, 1.807) is 19.8 Å². The minimum absolute atomic E-state index is 0.410. The van der Waals surface area contributed by atoms with Crippen LogP contribution >= 0.6 is 0 Å². The average Bonchev–Trinajstić information content (AvgIpc) is 3.24. The zero-order valence-electron chi connectivity index (χ0n) is 13.1. The maximum atomic E-state index is 5.49. The number of hydrogen-bond acceptors (Lipinski definition) is 5. The van der Waals surface area contributed by atoms with Crippen LogP contribution < -0.4 is 9.64 Å². The van der Waals surface area contributed by atoms with Crippen LogP contribution in [-0.2, 0) is 6.42 Å². The zero-order chi connectivity index (χ0) is 15.6. The van der Waals surface area contributed by atoms with Crippen LogP contribution in [0.15, 0.2) is 36.9 Å². The van der Waals surface area contributed by atoms with E-state index in [0.29, 0.717) is 6.04 Å². The van der Waals surface area contributed by atoms with Gasteiger partial charge in [0.15, 0.2) is 11.5 Å². The second-order valence-corrected chi connectivity index (χ2v) is 5.80. The monoisotopic (exact) mass is 309 g/mol. The molecule has 0 bridgehead atoms. The molecule has 3 aromatic rings. The summed E-state index contributed by atoms with van der Waals surface area (Å²) in [7, 11) is 1.73. The quantitative estimate of drug-likeness (QED) is 0.802. The Morgan fingerprint density at radius 1 is 1.26 bits per heavy atom. The molecular formula is C17H19N5O. The molecular weight excluding hydrogens is 290 g/mol. The molecule has 0 saturated carbocycles. The molecule has 1 N–H and O–H groups in total. The molecule has 2 aromatic heterocycles. The molecule has 1 atom stereocenters. The van der Waals surface area contributed by atoms with Gasteiger partial charge in [0.25, 0.3) is 0 Å². The third kappa shape index (κ3) is 2.50. The number of nitrogens with one attached hydrogen (secondary N) is 1. The summed E-state index contributed by atoms with van der Waals surface area (Å²) in [5, 5.41) is 0. The Balaban J connectivity index is 1.65. The summed E-state index contributed by atoms with van der Waals surface area (Å²) >= 11 is 0. The fourth-order valence-corrected chi connectivity index (χ4v) is 3.42. The van der Waals surface area contributed by atoms with Crippen molar-refractivity contribution in [2.75, 3.05) is 18.6 Å². The smallest absolute Gasteiger partial charge is 0.182 e. The minimum atomic E-state index is 0.410. The first kappa shape index (κ1) is 14.0. The van der Waals surface area contributed by atoms with Crippen LogP contribution in [0.2, 0.25) is 0 Å². The lowest BCUT2D eigenvalue weighted by Gasteiger charge is -2.26. The number of nitrogens with zero attached hydrogens (tertiary/aromatic N) is 4. The third-order valence-corrected chi connectivity index (χ3v) is 4.50. The van der Waals surface area contributed by atoms with Gasteiger partial charge in [0, 0.05) is 12.6 Å². The van der Waals surface area contributed by atoms with Gasteiger partial charge in [-0.2, -0.15) is 0 Å². The summed E-state index contributed by atoms with van der Waals surface area (Å²) in [6.45, 7) is 1.00. The average molecular weight is 309 g/mol. The van der Waals surface area contributed by atoms with E-state index in [0.717, 1.165) is 42.1 Å². The summed E-state index contributed by atoms with van der Waals surface area (Å²) in [6.07, 6.45) is 6.53. The van der Waals surface area contributed by atoms with E-state index in [-0.39, 0.29) is 0 Å². The fourth-order valence-electron chi connectivity index (χ4n) is 3.42. The van der Waals surface area contributed by atoms with Crippen molar-refractivity contribution in [1.82, 2.24) is 19.9 Å². The lowest BCUT2D eigenvalue weighted by molar-refractivity contribution is 0.408. The summed E-state index contributed by atoms with van der Waals surface area (Å²) in [5.74, 6) is 1.90. The number of rotatable bonds is 4. The molecule has 1 aromatic carbocycles. The van der Waals surface area contributed by atoms with E-state index < -0.39 is 0 Å². The highest BCUT2D eigenvalue weighted by molar-refractivity contribution is 5.83. The molecule has 1 aliphatic rings. The van der Waals surface area contributed by atoms with E-state index in [9.17, 15) is 0 Å². The molecule has 1 saturated heterocycles. The van der Waals surface area contributed by atoms with Gasteiger partial charge in [0.2, 0.25) is 0 Å². The van der Waals surface area contributed by atoms with Crippen LogP contribution in [-0.4, -0.2) is 39.6 Å². The Morgan fingerprint density at radius 2 is 2.17 bits per heavy atom. The van der Waals surface area contributed by atoms with Crippen LogP contribution in [0, 0.1) is 0 Å². The highest BCUT2D eigenvalue weighted by Gasteiger charge is 2.28. The van der Waals surface area contributed by atoms with E-state index in [4.69, 9.17) is 4.74 Å². The van der Waals surface area contributed by atoms with E-state index in [2.05, 4.69) is 37.0 Å². The second kappa shape index (κ2) is 5.87. The number of hydrogen-bond donors (Lipinski definition) is 1. The van der Waals surface area contributed by atoms with Crippen molar-refractivity contribution >= 4 is 17.0 Å². The Hall–Kier alpha value is -2.63. The Kier molecular flexibility index (Phi) is 3.57. The van der Waals surface area contributed by atoms with Gasteiger partial charge < -0.3 is 14.6 Å². The van der Waals surface area contributed by atoms with Crippen molar-refractivity contribution in [2.45, 2.75) is 25.3 Å². The first-order valence-corrected chi connectivity index (χ1v) is 7.89. The van der Waals surface area contributed by atoms with Crippen molar-refractivity contribution < 1.29 is 4.74 Å². The van der Waals surface area contributed by atoms with Crippen LogP contribution in [0.1, 0.15) is 18.4 Å². The minimum Gasteiger partial charge on any atom is -0.496 e. The highest BCUT2D eigenvalue weighted by Crippen LogP contribution is 2.31. The normalized spacial score (nSPS) is 17.8. The molecule has 6 heteroatoms. The number of aromatic amines is 1. The maximum absolute atomic E-state index is 5.49. The molecule has 0 amide bonds. The topological polar surface area (TPSA) is 66.9 Å². The number of imidazole rings is 1. The fraction of sp³-hybridized carbons (Fsp3) is 0.353. The molecule has 118 valence electrons. The molecule has 0 unspecified atom stereocenters. The molecule has 0 spiro atoms. The number of benzene rings is 1. The van der Waals surface area contributed by atoms with Crippen LogP contribution in [0.5, 0.6) is 5.75 Å². The lowest BCUT2D eigenvalue weighted by atomic mass is 10.0. The molecule has 1 aliphatic heterocycles. The summed E-state index contributed by atoms with van der Waals surface area (Å²) in [5.41, 5.74) is 2.87. The van der Waals surface area contributed by atoms with E-state index in [1.165, 1.54) is 12.0 Å². The molecule has 3 heterocycles. The largest absolute Gasteiger partial charge is 0.496 e. The summed E-state index contributed by atoms with van der Waals surface area (Å²) in [6, 6.07) is 8.64. The van der Waals surface area contributed by atoms with Crippen LogP contribution in [0.25, 0.3) is 11.2 Å². The van der Waals surface area contributed by atoms with Gasteiger partial charge in [0.1, 0.15) is 17.6 Å². The summed E-state index contributed by atoms with van der Waals surface area (Å²) in [4.78, 5) is 18.5. The molecule has 1 fully saturated rings. The Bertz CT molecular complexity index is 815. The van der Waals surface area contributed by atoms with E-state index >= 15 is 0 Å². The van der Waals surface area contributed by atoms with Gasteiger partial charge in [0.05, 0.1) is 13.4 Å². The predicted octanol–water partition coefficient (Wildman–Crippen LogP) is 2.57. The van der Waals surface area contributed by atoms with Crippen LogP contribution in [0.4, 0.5) is 5.82 Å². The number of ether oxygens (including phenoxy) is 1. The van der Waals surface area contributed by atoms with Crippen LogP contribution in [0.3, 0.4) is 0 Å². The highest BCUT2D eigenvalue weighted by atomic mass is 16.5. The van der Waals surface area contributed by atoms with Gasteiger partial charge in [-0.1, -0.05) is 18.2 Å². The summed E-state index contributed by atoms with van der Waals surface area (Å²) < 4.78 is 5.49. The molecule has 6 nitrogen and oxygen atoms in total. The van der Waals surface area contributed by atoms with Gasteiger partial charge in [-0.25, -0.2) is 15.0 Å². The van der Waals surface area contributed by atoms with Crippen molar-refractivity contribution in [2.24, 2.45) is 0 Å². The maximum Gasteiger partial charge on any atom is 0.182 e. The number of fused-ring (bicyclic) bond motifs is 1. The van der Waals surface area contributed by atoms with Gasteiger partial charge in [-0.05, 0) is 30.9 Å². The lowest BCUT2D eigenvalue weighted by Crippen LogP contribution is -2.32. The van der Waals surface area contributed by atoms with Crippen molar-refractivity contribution in [1.29, 1.82) is 0 Å². The third-order valence-electron chi connectivity index (χ3n) is 4.50. The molecule has 0 radical (unpaired) electrons. The van der Waals surface area contributed by atoms with Crippen molar-refractivity contribution in [3.63, 3.8) is 0 Å². The number of aromatic nitrogens is 4. The number of H-pyrrole nitrogens is 1. The zero-order valence-corrected chi connectivity index (χ0v) is 13.1. The SMILES string of the molecule is COc1ccccc1C[C@H]1CCCN1c1ncnc2nc[nH]c12. The predicted molar refractivity (Wildman–Crippen MR) is 88.7 cm³/mol. The van der Waals surface area contributed by atoms with E-state index in [1.807, 2.05) is 12.1 Å². The first-order valence-electron chi connectivity index (χ1n) is 7.89. The number of anilines is 1.